The summed E-state index contributed by atoms with van der Waals surface area (Å²) in [4.78, 5) is 91.4. The quantitative estimate of drug-likeness (QED) is 0.0652. The molecule has 0 aliphatic heterocycles. The molecule has 336 valence electrons. The molecule has 16 nitrogen and oxygen atoms in total. The summed E-state index contributed by atoms with van der Waals surface area (Å²) in [5.41, 5.74) is 7.01. The number of nitrogens with one attached hydrogen (secondary N) is 5. The Balaban J connectivity index is 1.54. The normalized spacial score (nSPS) is 12.6. The van der Waals surface area contributed by atoms with Gasteiger partial charge in [-0.3, -0.25) is 33.6 Å². The molecule has 0 fully saturated rings. The molecule has 63 heavy (non-hydrogen) atoms. The molecule has 0 aliphatic rings. The third-order valence-corrected chi connectivity index (χ3v) is 9.93. The highest BCUT2D eigenvalue weighted by molar-refractivity contribution is 5.95. The van der Waals surface area contributed by atoms with Gasteiger partial charge in [-0.25, -0.2) is 8.78 Å². The van der Waals surface area contributed by atoms with Crippen molar-refractivity contribution < 1.29 is 47.4 Å². The van der Waals surface area contributed by atoms with Gasteiger partial charge in [-0.2, -0.15) is 0 Å². The van der Waals surface area contributed by atoms with Crippen LogP contribution < -0.4 is 32.3 Å². The molecule has 3 aromatic carbocycles. The summed E-state index contributed by atoms with van der Waals surface area (Å²) in [6, 6.07) is 19.1. The second-order valence-corrected chi connectivity index (χ2v) is 15.9. The van der Waals surface area contributed by atoms with Crippen molar-refractivity contribution in [3.05, 3.63) is 120 Å². The van der Waals surface area contributed by atoms with Gasteiger partial charge in [-0.1, -0.05) is 81.4 Å². The first-order valence-corrected chi connectivity index (χ1v) is 20.2. The molecule has 18 heteroatoms. The monoisotopic (exact) mass is 872 g/mol. The van der Waals surface area contributed by atoms with Crippen molar-refractivity contribution in [1.82, 2.24) is 36.1 Å². The lowest BCUT2D eigenvalue weighted by molar-refractivity contribution is -0.140. The minimum Gasteiger partial charge on any atom is -0.387 e. The van der Waals surface area contributed by atoms with E-state index in [9.17, 15) is 43.1 Å². The van der Waals surface area contributed by atoms with Gasteiger partial charge in [0.1, 0.15) is 30.3 Å². The average Bonchev–Trinajstić information content (AvgIpc) is 3.64. The number of hydrogen-bond acceptors (Lipinski definition) is 8. The molecule has 0 radical (unpaired) electrons. The first-order valence-electron chi connectivity index (χ1n) is 20.2. The van der Waals surface area contributed by atoms with Crippen molar-refractivity contribution in [2.75, 3.05) is 33.3 Å². The zero-order chi connectivity index (χ0) is 46.3. The van der Waals surface area contributed by atoms with Crippen molar-refractivity contribution in [2.24, 2.45) is 11.1 Å². The van der Waals surface area contributed by atoms with Crippen LogP contribution in [-0.2, 0) is 46.5 Å². The average molecular weight is 873 g/mol. The van der Waals surface area contributed by atoms with Gasteiger partial charge in [0.2, 0.25) is 41.4 Å². The van der Waals surface area contributed by atoms with Crippen LogP contribution in [0.3, 0.4) is 0 Å². The summed E-state index contributed by atoms with van der Waals surface area (Å²) in [5.74, 6) is -6.74. The maximum Gasteiger partial charge on any atom is 0.248 e. The number of aliphatic hydroxyl groups excluding tert-OH is 1. The molecule has 0 saturated heterocycles. The van der Waals surface area contributed by atoms with Gasteiger partial charge in [0, 0.05) is 43.2 Å². The van der Waals surface area contributed by atoms with E-state index in [4.69, 9.17) is 5.73 Å². The van der Waals surface area contributed by atoms with Crippen molar-refractivity contribution in [2.45, 2.75) is 64.7 Å². The number of nitrogens with two attached hydrogens (primary N) is 1. The largest absolute Gasteiger partial charge is 0.387 e. The molecule has 0 aliphatic carbocycles. The number of rotatable bonds is 21. The number of amides is 7. The van der Waals surface area contributed by atoms with E-state index in [1.165, 1.54) is 11.9 Å². The Morgan fingerprint density at radius 1 is 0.778 bits per heavy atom. The number of primary amides is 1. The highest BCUT2D eigenvalue weighted by Gasteiger charge is 2.38. The molecule has 1 aromatic heterocycles. The lowest BCUT2D eigenvalue weighted by Crippen LogP contribution is -2.56. The molecule has 0 unspecified atom stereocenters. The first kappa shape index (κ1) is 48.7. The van der Waals surface area contributed by atoms with Crippen LogP contribution in [0.25, 0.3) is 11.1 Å². The van der Waals surface area contributed by atoms with Crippen LogP contribution in [0.5, 0.6) is 0 Å². The molecule has 4 aromatic rings. The third kappa shape index (κ3) is 14.6. The number of aromatic nitrogens is 1. The van der Waals surface area contributed by atoms with Crippen molar-refractivity contribution in [1.29, 1.82) is 0 Å². The van der Waals surface area contributed by atoms with Gasteiger partial charge in [-0.15, -0.1) is 0 Å². The fraction of sp³-hybridized carbons (Fsp3) is 0.356. The molecule has 8 N–H and O–H groups in total. The van der Waals surface area contributed by atoms with Crippen LogP contribution in [0.15, 0.2) is 91.1 Å². The molecule has 3 atom stereocenters. The Labute approximate surface area is 364 Å². The summed E-state index contributed by atoms with van der Waals surface area (Å²) in [5, 5.41) is 22.3. The summed E-state index contributed by atoms with van der Waals surface area (Å²) < 4.78 is 31.4. The van der Waals surface area contributed by atoms with Gasteiger partial charge in [0.25, 0.3) is 0 Å². The van der Waals surface area contributed by atoms with Crippen molar-refractivity contribution in [3.8, 4) is 11.1 Å². The number of hydrogen-bond donors (Lipinski definition) is 7. The predicted octanol–water partition coefficient (Wildman–Crippen LogP) is 1.85. The number of carbonyl (C=O) groups excluding carboxylic acids is 7. The van der Waals surface area contributed by atoms with Crippen LogP contribution in [0.2, 0.25) is 0 Å². The summed E-state index contributed by atoms with van der Waals surface area (Å²) >= 11 is 0. The first-order chi connectivity index (χ1) is 29.9. The van der Waals surface area contributed by atoms with E-state index in [2.05, 4.69) is 26.6 Å². The van der Waals surface area contributed by atoms with E-state index in [0.29, 0.717) is 11.3 Å². The van der Waals surface area contributed by atoms with Crippen molar-refractivity contribution >= 4 is 41.4 Å². The van der Waals surface area contributed by atoms with E-state index in [1.807, 2.05) is 55.7 Å². The van der Waals surface area contributed by atoms with Gasteiger partial charge < -0.3 is 46.9 Å². The highest BCUT2D eigenvalue weighted by atomic mass is 19.1. The standard InChI is InChI=1S/C45H54F2N8O8/c1-45(2,3)42(36-20-30(32-21-31(46)15-16-33(32)47)26-54(36)25-29-13-9-6-10-14-29)55(41(61)27-56)18-17-34(43(62)49-4)53-44(63)35(22-37(48)57)52-40(60)24-51-39(59)23-50-38(58)19-28-11-7-5-8-12-28/h5-16,20-21,26,34-35,42,56H,17-19,22-25,27H2,1-4H3,(H2,48,57)(H,49,62)(H,50,58)(H,51,59)(H,52,60)(H,53,63)/t34-,35-,42-/m0/s1. The lowest BCUT2D eigenvalue weighted by atomic mass is 9.82. The van der Waals surface area contributed by atoms with E-state index >= 15 is 4.39 Å². The number of likely N-dealkylation sites (N-methyl/N-ethyl adjacent to an activating group) is 1. The van der Waals surface area contributed by atoms with Gasteiger partial charge in [0.15, 0.2) is 0 Å². The number of nitrogens with zero attached hydrogens (tertiary/aromatic N) is 2. The molecule has 0 spiro atoms. The molecule has 0 bridgehead atoms. The minimum absolute atomic E-state index is 0.0128. The SMILES string of the molecule is CNC(=O)[C@H](CCN(C(=O)CO)[C@@H](c1cc(-c2cc(F)ccc2F)cn1Cc1ccccc1)C(C)(C)C)NC(=O)[C@H](CC(N)=O)NC(=O)CNC(=O)CNC(=O)Cc1ccccc1. The third-order valence-electron chi connectivity index (χ3n) is 9.93. The maximum atomic E-state index is 15.2. The predicted molar refractivity (Wildman–Crippen MR) is 229 cm³/mol. The Morgan fingerprint density at radius 3 is 2.00 bits per heavy atom. The molecule has 0 saturated carbocycles. The van der Waals surface area contributed by atoms with Crippen LogP contribution >= 0.6 is 0 Å². The number of carbonyl (C=O) groups is 7. The zero-order valence-corrected chi connectivity index (χ0v) is 35.6. The second kappa shape index (κ2) is 22.8. The van der Waals surface area contributed by atoms with Crippen LogP contribution in [-0.4, -0.2) is 101 Å². The fourth-order valence-corrected chi connectivity index (χ4v) is 7.00. The highest BCUT2D eigenvalue weighted by Crippen LogP contribution is 2.41. The molecule has 4 rings (SSSR count). The Morgan fingerprint density at radius 2 is 1.40 bits per heavy atom. The summed E-state index contributed by atoms with van der Waals surface area (Å²) in [6.45, 7) is 3.56. The van der Waals surface area contributed by atoms with E-state index < -0.39 is 103 Å². The Hall–Kier alpha value is -6.95. The number of halogens is 2. The Bertz CT molecular complexity index is 2250. The summed E-state index contributed by atoms with van der Waals surface area (Å²) in [7, 11) is 1.31. The van der Waals surface area contributed by atoms with Crippen molar-refractivity contribution in [3.63, 3.8) is 0 Å². The van der Waals surface area contributed by atoms with Crippen LogP contribution in [0, 0.1) is 17.0 Å². The van der Waals surface area contributed by atoms with E-state index in [-0.39, 0.29) is 31.5 Å². The maximum absolute atomic E-state index is 15.2. The molecular weight excluding hydrogens is 819 g/mol. The second-order valence-electron chi connectivity index (χ2n) is 15.9. The number of benzene rings is 3. The van der Waals surface area contributed by atoms with Crippen LogP contribution in [0.4, 0.5) is 8.78 Å². The smallest absolute Gasteiger partial charge is 0.248 e. The topological polar surface area (TPSA) is 234 Å². The fourth-order valence-electron chi connectivity index (χ4n) is 7.00. The molecule has 1 heterocycles. The van der Waals surface area contributed by atoms with Gasteiger partial charge in [0.05, 0.1) is 32.0 Å². The van der Waals surface area contributed by atoms with Gasteiger partial charge in [-0.05, 0) is 47.2 Å². The Kier molecular flexibility index (Phi) is 17.6. The van der Waals surface area contributed by atoms with E-state index in [0.717, 1.165) is 29.3 Å². The number of aliphatic hydroxyl groups is 1. The lowest BCUT2D eigenvalue weighted by Gasteiger charge is -2.41. The van der Waals surface area contributed by atoms with E-state index in [1.54, 1.807) is 42.6 Å². The van der Waals surface area contributed by atoms with Gasteiger partial charge >= 0.3 is 0 Å². The minimum atomic E-state index is -1.59. The summed E-state index contributed by atoms with van der Waals surface area (Å²) in [6.07, 6.45) is 0.761. The molecule has 7 amide bonds. The molecular formula is C45H54F2N8O8. The zero-order valence-electron chi connectivity index (χ0n) is 35.6. The van der Waals surface area contributed by atoms with Crippen LogP contribution in [0.1, 0.15) is 56.5 Å².